The number of nitriles is 1. The third kappa shape index (κ3) is 3.67. The second-order valence-corrected chi connectivity index (χ2v) is 8.07. The largest absolute Gasteiger partial charge is 0.494 e. The Morgan fingerprint density at radius 2 is 2.09 bits per heavy atom. The van der Waals surface area contributed by atoms with Crippen molar-refractivity contribution in [3.05, 3.63) is 63.2 Å². The van der Waals surface area contributed by atoms with Crippen LogP contribution >= 0.6 is 15.9 Å². The van der Waals surface area contributed by atoms with Gasteiger partial charge in [0.15, 0.2) is 5.75 Å². The molecule has 2 aromatic carbocycles. The Morgan fingerprint density at radius 1 is 1.34 bits per heavy atom. The number of alkyl halides is 1. The molecule has 0 saturated heterocycles. The molecule has 0 unspecified atom stereocenters. The van der Waals surface area contributed by atoms with Crippen LogP contribution in [0.2, 0.25) is 0 Å². The molecular formula is C24H20BrFN2O4. The molecule has 32 heavy (non-hydrogen) atoms. The van der Waals surface area contributed by atoms with Crippen LogP contribution in [0.3, 0.4) is 0 Å². The van der Waals surface area contributed by atoms with E-state index in [0.717, 1.165) is 18.9 Å². The van der Waals surface area contributed by atoms with Crippen molar-refractivity contribution in [2.45, 2.75) is 31.1 Å². The summed E-state index contributed by atoms with van der Waals surface area (Å²) in [4.78, 5) is 25.5. The molecule has 1 aliphatic carbocycles. The number of halogens is 2. The Labute approximate surface area is 192 Å². The van der Waals surface area contributed by atoms with Crippen LogP contribution in [0.4, 0.5) is 4.39 Å². The zero-order valence-electron chi connectivity index (χ0n) is 17.6. The fraction of sp³-hybridized carbons (Fsp3) is 0.292. The van der Waals surface area contributed by atoms with Gasteiger partial charge in [-0.3, -0.25) is 4.79 Å². The molecule has 0 amide bonds. The predicted molar refractivity (Wildman–Crippen MR) is 122 cm³/mol. The summed E-state index contributed by atoms with van der Waals surface area (Å²) in [6, 6.07) is 8.37. The topological polar surface area (TPSA) is 81.3 Å². The molecule has 4 rings (SSSR count). The zero-order valence-corrected chi connectivity index (χ0v) is 19.2. The maximum atomic E-state index is 15.5. The lowest BCUT2D eigenvalue weighted by Crippen LogP contribution is -2.21. The number of benzene rings is 2. The molecule has 8 heteroatoms. The standard InChI is InChI=1S/C24H20BrFN2O4/c1-3-32-24(30)18-12-28(16-6-7-16)21-17(22(18)29)9-19(26)20(23(21)31-2)13-4-5-14(11-27)15(8-13)10-25/h4-5,8-9,12,16H,3,6-7,10H2,1-2H3. The molecule has 1 fully saturated rings. The number of esters is 1. The third-order valence-electron chi connectivity index (χ3n) is 5.52. The molecule has 0 radical (unpaired) electrons. The van der Waals surface area contributed by atoms with Gasteiger partial charge in [0.25, 0.3) is 0 Å². The van der Waals surface area contributed by atoms with Gasteiger partial charge in [-0.2, -0.15) is 5.26 Å². The molecule has 0 aliphatic heterocycles. The molecule has 1 aliphatic rings. The van der Waals surface area contributed by atoms with Crippen LogP contribution in [-0.2, 0) is 10.1 Å². The number of pyridine rings is 1. The van der Waals surface area contributed by atoms with E-state index >= 15 is 4.39 Å². The van der Waals surface area contributed by atoms with Crippen LogP contribution in [-0.4, -0.2) is 24.3 Å². The Bertz CT molecular complexity index is 1340. The minimum Gasteiger partial charge on any atom is -0.494 e. The van der Waals surface area contributed by atoms with Crippen molar-refractivity contribution < 1.29 is 18.7 Å². The Hall–Kier alpha value is -3.18. The van der Waals surface area contributed by atoms with Gasteiger partial charge < -0.3 is 14.0 Å². The number of aromatic nitrogens is 1. The highest BCUT2D eigenvalue weighted by Gasteiger charge is 2.30. The molecular weight excluding hydrogens is 479 g/mol. The number of carbonyl (C=O) groups is 1. The predicted octanol–water partition coefficient (Wildman–Crippen LogP) is 5.09. The van der Waals surface area contributed by atoms with Gasteiger partial charge in [-0.25, -0.2) is 9.18 Å². The number of methoxy groups -OCH3 is 1. The lowest BCUT2D eigenvalue weighted by atomic mass is 9.97. The quantitative estimate of drug-likeness (QED) is 0.349. The summed E-state index contributed by atoms with van der Waals surface area (Å²) >= 11 is 3.37. The third-order valence-corrected chi connectivity index (χ3v) is 6.12. The van der Waals surface area contributed by atoms with Crippen LogP contribution in [0.1, 0.15) is 47.3 Å². The molecule has 1 saturated carbocycles. The molecule has 0 spiro atoms. The van der Waals surface area contributed by atoms with Crippen LogP contribution < -0.4 is 10.2 Å². The van der Waals surface area contributed by atoms with E-state index in [0.29, 0.717) is 27.5 Å². The lowest BCUT2D eigenvalue weighted by Gasteiger charge is -2.19. The van der Waals surface area contributed by atoms with E-state index in [9.17, 15) is 14.9 Å². The van der Waals surface area contributed by atoms with Crippen molar-refractivity contribution in [2.75, 3.05) is 13.7 Å². The van der Waals surface area contributed by atoms with Crippen LogP contribution in [0, 0.1) is 17.1 Å². The van der Waals surface area contributed by atoms with E-state index in [-0.39, 0.29) is 34.9 Å². The van der Waals surface area contributed by atoms with Crippen molar-refractivity contribution in [2.24, 2.45) is 0 Å². The SMILES string of the molecule is CCOC(=O)c1cn(C2CC2)c2c(OC)c(-c3ccc(C#N)c(CBr)c3)c(F)cc2c1=O. The smallest absolute Gasteiger partial charge is 0.343 e. The summed E-state index contributed by atoms with van der Waals surface area (Å²) in [5.41, 5.74) is 1.64. The second kappa shape index (κ2) is 8.75. The monoisotopic (exact) mass is 498 g/mol. The number of hydrogen-bond donors (Lipinski definition) is 0. The van der Waals surface area contributed by atoms with Gasteiger partial charge in [0, 0.05) is 17.6 Å². The Kier molecular flexibility index (Phi) is 6.02. The maximum Gasteiger partial charge on any atom is 0.343 e. The summed E-state index contributed by atoms with van der Waals surface area (Å²) in [5.74, 6) is -1.17. The summed E-state index contributed by atoms with van der Waals surface area (Å²) in [6.07, 6.45) is 3.24. The first-order valence-corrected chi connectivity index (χ1v) is 11.3. The Balaban J connectivity index is 2.06. The average Bonchev–Trinajstić information content (AvgIpc) is 3.63. The molecule has 3 aromatic rings. The van der Waals surface area contributed by atoms with E-state index in [1.165, 1.54) is 13.3 Å². The van der Waals surface area contributed by atoms with Gasteiger partial charge in [0.1, 0.15) is 11.4 Å². The summed E-state index contributed by atoms with van der Waals surface area (Å²) in [6.45, 7) is 1.79. The first-order valence-electron chi connectivity index (χ1n) is 10.2. The minimum atomic E-state index is -0.730. The first kappa shape index (κ1) is 22.0. The number of rotatable bonds is 6. The number of ether oxygens (including phenoxy) is 2. The zero-order chi connectivity index (χ0) is 23.0. The molecule has 0 bridgehead atoms. The summed E-state index contributed by atoms with van der Waals surface area (Å²) in [5, 5.41) is 9.80. The highest BCUT2D eigenvalue weighted by Crippen LogP contribution is 2.44. The van der Waals surface area contributed by atoms with E-state index in [1.807, 2.05) is 4.57 Å². The minimum absolute atomic E-state index is 0.0647. The van der Waals surface area contributed by atoms with Crippen LogP contribution in [0.5, 0.6) is 5.75 Å². The fourth-order valence-corrected chi connectivity index (χ4v) is 4.35. The van der Waals surface area contributed by atoms with Crippen molar-refractivity contribution in [3.8, 4) is 22.9 Å². The molecule has 6 nitrogen and oxygen atoms in total. The van der Waals surface area contributed by atoms with Crippen molar-refractivity contribution in [3.63, 3.8) is 0 Å². The van der Waals surface area contributed by atoms with Crippen molar-refractivity contribution >= 4 is 32.8 Å². The molecule has 1 aromatic heterocycles. The molecule has 1 heterocycles. The fourth-order valence-electron chi connectivity index (χ4n) is 3.88. The number of carbonyl (C=O) groups excluding carboxylic acids is 1. The summed E-state index contributed by atoms with van der Waals surface area (Å²) < 4.78 is 28.0. The molecule has 0 atom stereocenters. The first-order chi connectivity index (χ1) is 15.4. The average molecular weight is 499 g/mol. The van der Waals surface area contributed by atoms with Gasteiger partial charge in [0.05, 0.1) is 41.8 Å². The second-order valence-electron chi connectivity index (χ2n) is 7.51. The van der Waals surface area contributed by atoms with Gasteiger partial charge in [-0.05, 0) is 49.1 Å². The van der Waals surface area contributed by atoms with E-state index in [4.69, 9.17) is 9.47 Å². The number of fused-ring (bicyclic) bond motifs is 1. The molecule has 164 valence electrons. The van der Waals surface area contributed by atoms with E-state index < -0.39 is 17.2 Å². The summed E-state index contributed by atoms with van der Waals surface area (Å²) in [7, 11) is 1.42. The van der Waals surface area contributed by atoms with Gasteiger partial charge in [-0.1, -0.05) is 22.0 Å². The molecule has 0 N–H and O–H groups in total. The maximum absolute atomic E-state index is 15.5. The van der Waals surface area contributed by atoms with Gasteiger partial charge in [0.2, 0.25) is 5.43 Å². The number of hydrogen-bond acceptors (Lipinski definition) is 5. The van der Waals surface area contributed by atoms with Crippen LogP contribution in [0.25, 0.3) is 22.0 Å². The van der Waals surface area contributed by atoms with E-state index in [2.05, 4.69) is 22.0 Å². The van der Waals surface area contributed by atoms with E-state index in [1.54, 1.807) is 25.1 Å². The van der Waals surface area contributed by atoms with Gasteiger partial charge >= 0.3 is 5.97 Å². The van der Waals surface area contributed by atoms with Crippen LogP contribution in [0.15, 0.2) is 35.3 Å². The van der Waals surface area contributed by atoms with Gasteiger partial charge in [-0.15, -0.1) is 0 Å². The lowest BCUT2D eigenvalue weighted by molar-refractivity contribution is 0.0524. The Morgan fingerprint density at radius 3 is 2.69 bits per heavy atom. The highest BCUT2D eigenvalue weighted by molar-refractivity contribution is 9.08. The van der Waals surface area contributed by atoms with Crippen molar-refractivity contribution in [1.29, 1.82) is 5.26 Å². The number of nitrogens with zero attached hydrogens (tertiary/aromatic N) is 2. The van der Waals surface area contributed by atoms with Crippen molar-refractivity contribution in [1.82, 2.24) is 4.57 Å². The normalized spacial score (nSPS) is 13.1. The highest BCUT2D eigenvalue weighted by atomic mass is 79.9.